The Balaban J connectivity index is 1.84. The summed E-state index contributed by atoms with van der Waals surface area (Å²) >= 11 is 0. The summed E-state index contributed by atoms with van der Waals surface area (Å²) in [5.74, 6) is -0.315. The first kappa shape index (κ1) is 15.8. The molecule has 0 atom stereocenters. The number of nitrogens with one attached hydrogen (secondary N) is 1. The molecule has 1 amide bonds. The van der Waals surface area contributed by atoms with E-state index in [0.29, 0.717) is 12.5 Å². The number of carbonyl (C=O) groups is 1. The van der Waals surface area contributed by atoms with Crippen molar-refractivity contribution in [3.63, 3.8) is 0 Å². The van der Waals surface area contributed by atoms with Gasteiger partial charge in [-0.2, -0.15) is 0 Å². The summed E-state index contributed by atoms with van der Waals surface area (Å²) in [6.07, 6.45) is 1.62. The molecule has 22 heavy (non-hydrogen) atoms. The average Bonchev–Trinajstić information content (AvgIpc) is 2.53. The quantitative estimate of drug-likeness (QED) is 0.853. The molecule has 0 spiro atoms. The van der Waals surface area contributed by atoms with Gasteiger partial charge in [0.05, 0.1) is 6.61 Å². The van der Waals surface area contributed by atoms with Crippen LogP contribution in [0.2, 0.25) is 0 Å². The monoisotopic (exact) mass is 304 g/mol. The topological polar surface area (TPSA) is 60.5 Å². The Hall–Kier alpha value is -2.63. The van der Waals surface area contributed by atoms with Crippen LogP contribution in [0.3, 0.4) is 0 Å². The van der Waals surface area contributed by atoms with Crippen LogP contribution in [0, 0.1) is 5.82 Å². The van der Waals surface area contributed by atoms with Crippen LogP contribution in [0.1, 0.15) is 12.5 Å². The highest BCUT2D eigenvalue weighted by Crippen LogP contribution is 2.15. The third-order valence-corrected chi connectivity index (χ3v) is 2.80. The highest BCUT2D eigenvalue weighted by molar-refractivity contribution is 5.77. The van der Waals surface area contributed by atoms with Gasteiger partial charge in [0, 0.05) is 18.3 Å². The number of nitrogens with zero attached hydrogens (tertiary/aromatic N) is 1. The van der Waals surface area contributed by atoms with Gasteiger partial charge < -0.3 is 14.8 Å². The van der Waals surface area contributed by atoms with Gasteiger partial charge in [-0.05, 0) is 25.1 Å². The van der Waals surface area contributed by atoms with Crippen LogP contribution in [0.5, 0.6) is 11.6 Å². The van der Waals surface area contributed by atoms with E-state index in [-0.39, 0.29) is 24.8 Å². The van der Waals surface area contributed by atoms with Crippen molar-refractivity contribution in [3.05, 3.63) is 54.0 Å². The molecule has 0 saturated carbocycles. The van der Waals surface area contributed by atoms with Gasteiger partial charge in [-0.25, -0.2) is 9.37 Å². The van der Waals surface area contributed by atoms with E-state index in [9.17, 15) is 9.18 Å². The highest BCUT2D eigenvalue weighted by Gasteiger charge is 2.08. The van der Waals surface area contributed by atoms with Gasteiger partial charge in [0.2, 0.25) is 5.88 Å². The van der Waals surface area contributed by atoms with Crippen molar-refractivity contribution in [1.82, 2.24) is 10.3 Å². The van der Waals surface area contributed by atoms with Crippen LogP contribution < -0.4 is 14.8 Å². The van der Waals surface area contributed by atoms with E-state index in [2.05, 4.69) is 10.3 Å². The van der Waals surface area contributed by atoms with Crippen LogP contribution in [0.25, 0.3) is 0 Å². The normalized spacial score (nSPS) is 10.1. The smallest absolute Gasteiger partial charge is 0.258 e. The van der Waals surface area contributed by atoms with Crippen molar-refractivity contribution < 1.29 is 18.7 Å². The lowest BCUT2D eigenvalue weighted by Crippen LogP contribution is -2.28. The predicted molar refractivity (Wildman–Crippen MR) is 79.1 cm³/mol. The fraction of sp³-hybridized carbons (Fsp3) is 0.250. The van der Waals surface area contributed by atoms with Gasteiger partial charge in [-0.15, -0.1) is 0 Å². The minimum Gasteiger partial charge on any atom is -0.481 e. The van der Waals surface area contributed by atoms with Gasteiger partial charge >= 0.3 is 0 Å². The molecule has 2 rings (SSSR count). The predicted octanol–water partition coefficient (Wildman–Crippen LogP) is 2.31. The first-order valence-electron chi connectivity index (χ1n) is 6.91. The molecule has 1 heterocycles. The number of hydrogen-bond donors (Lipinski definition) is 1. The van der Waals surface area contributed by atoms with Crippen LogP contribution in [-0.4, -0.2) is 24.1 Å². The minimum atomic E-state index is -0.499. The van der Waals surface area contributed by atoms with E-state index >= 15 is 0 Å². The standard InChI is InChI=1S/C16H17FN2O3/c1-2-21-16-12(6-5-9-18-16)10-19-15(20)11-22-14-8-4-3-7-13(14)17/h3-9H,2,10-11H2,1H3,(H,19,20). The molecule has 1 aromatic carbocycles. The Kier molecular flexibility index (Phi) is 5.71. The molecule has 0 radical (unpaired) electrons. The minimum absolute atomic E-state index is 0.0500. The molecule has 6 heteroatoms. The Morgan fingerprint density at radius 1 is 1.23 bits per heavy atom. The van der Waals surface area contributed by atoms with Crippen molar-refractivity contribution in [2.75, 3.05) is 13.2 Å². The number of benzene rings is 1. The fourth-order valence-corrected chi connectivity index (χ4v) is 1.78. The van der Waals surface area contributed by atoms with Gasteiger partial charge in [-0.3, -0.25) is 4.79 Å². The summed E-state index contributed by atoms with van der Waals surface area (Å²) in [5, 5.41) is 2.68. The molecule has 5 nitrogen and oxygen atoms in total. The number of amides is 1. The number of halogens is 1. The summed E-state index contributed by atoms with van der Waals surface area (Å²) < 4.78 is 23.8. The second-order valence-electron chi connectivity index (χ2n) is 4.40. The molecule has 2 aromatic rings. The summed E-state index contributed by atoms with van der Waals surface area (Å²) in [6, 6.07) is 9.52. The van der Waals surface area contributed by atoms with Gasteiger partial charge in [0.25, 0.3) is 5.91 Å². The van der Waals surface area contributed by atoms with E-state index in [1.807, 2.05) is 13.0 Å². The lowest BCUT2D eigenvalue weighted by molar-refractivity contribution is -0.123. The summed E-state index contributed by atoms with van der Waals surface area (Å²) in [6.45, 7) is 2.36. The summed E-state index contributed by atoms with van der Waals surface area (Å²) in [7, 11) is 0. The SMILES string of the molecule is CCOc1ncccc1CNC(=O)COc1ccccc1F. The number of rotatable bonds is 7. The van der Waals surface area contributed by atoms with E-state index in [0.717, 1.165) is 5.56 Å². The zero-order valence-electron chi connectivity index (χ0n) is 12.2. The maximum Gasteiger partial charge on any atom is 0.258 e. The maximum absolute atomic E-state index is 13.3. The molecule has 0 aliphatic carbocycles. The third kappa shape index (κ3) is 4.44. The lowest BCUT2D eigenvalue weighted by Gasteiger charge is -2.10. The molecule has 0 aliphatic heterocycles. The molecule has 116 valence electrons. The third-order valence-electron chi connectivity index (χ3n) is 2.80. The van der Waals surface area contributed by atoms with Crippen molar-refractivity contribution in [1.29, 1.82) is 0 Å². The zero-order valence-corrected chi connectivity index (χ0v) is 12.2. The maximum atomic E-state index is 13.3. The Morgan fingerprint density at radius 3 is 2.82 bits per heavy atom. The molecular formula is C16H17FN2O3. The van der Waals surface area contributed by atoms with Crippen molar-refractivity contribution in [3.8, 4) is 11.6 Å². The highest BCUT2D eigenvalue weighted by atomic mass is 19.1. The van der Waals surface area contributed by atoms with Crippen LogP contribution in [0.15, 0.2) is 42.6 Å². The van der Waals surface area contributed by atoms with Crippen molar-refractivity contribution in [2.45, 2.75) is 13.5 Å². The Labute approximate surface area is 128 Å². The second-order valence-corrected chi connectivity index (χ2v) is 4.40. The van der Waals surface area contributed by atoms with E-state index < -0.39 is 5.82 Å². The first-order valence-corrected chi connectivity index (χ1v) is 6.91. The number of aromatic nitrogens is 1. The summed E-state index contributed by atoms with van der Waals surface area (Å²) in [5.41, 5.74) is 0.767. The Bertz CT molecular complexity index is 634. The number of carbonyl (C=O) groups excluding carboxylic acids is 1. The lowest BCUT2D eigenvalue weighted by atomic mass is 10.2. The van der Waals surface area contributed by atoms with Crippen LogP contribution in [-0.2, 0) is 11.3 Å². The van der Waals surface area contributed by atoms with E-state index in [1.165, 1.54) is 12.1 Å². The second kappa shape index (κ2) is 7.97. The molecule has 0 saturated heterocycles. The molecule has 1 N–H and O–H groups in total. The molecular weight excluding hydrogens is 287 g/mol. The Morgan fingerprint density at radius 2 is 2.05 bits per heavy atom. The molecule has 0 unspecified atom stereocenters. The molecule has 1 aromatic heterocycles. The number of pyridine rings is 1. The van der Waals surface area contributed by atoms with Crippen molar-refractivity contribution >= 4 is 5.91 Å². The van der Waals surface area contributed by atoms with Gasteiger partial charge in [-0.1, -0.05) is 18.2 Å². The molecule has 0 fully saturated rings. The largest absolute Gasteiger partial charge is 0.481 e. The zero-order chi connectivity index (χ0) is 15.8. The first-order chi connectivity index (χ1) is 10.7. The van der Waals surface area contributed by atoms with Crippen LogP contribution >= 0.6 is 0 Å². The van der Waals surface area contributed by atoms with E-state index in [4.69, 9.17) is 9.47 Å². The average molecular weight is 304 g/mol. The van der Waals surface area contributed by atoms with Crippen LogP contribution in [0.4, 0.5) is 4.39 Å². The fourth-order valence-electron chi connectivity index (χ4n) is 1.78. The van der Waals surface area contributed by atoms with Gasteiger partial charge in [0.1, 0.15) is 0 Å². The summed E-state index contributed by atoms with van der Waals surface area (Å²) in [4.78, 5) is 15.8. The van der Waals surface area contributed by atoms with Crippen molar-refractivity contribution in [2.24, 2.45) is 0 Å². The molecule has 0 aliphatic rings. The van der Waals surface area contributed by atoms with E-state index in [1.54, 1.807) is 24.4 Å². The number of para-hydroxylation sites is 1. The molecule has 0 bridgehead atoms. The number of hydrogen-bond acceptors (Lipinski definition) is 4. The van der Waals surface area contributed by atoms with Gasteiger partial charge in [0.15, 0.2) is 18.2 Å². The number of ether oxygens (including phenoxy) is 2.